The lowest BCUT2D eigenvalue weighted by Crippen LogP contribution is -2.31. The zero-order valence-electron chi connectivity index (χ0n) is 18.9. The minimum Gasteiger partial charge on any atom is -0.396 e. The number of nitrogens with two attached hydrogens (primary N) is 1. The smallest absolute Gasteiger partial charge is 0.169 e. The lowest BCUT2D eigenvalue weighted by Gasteiger charge is -2.31. The monoisotopic (exact) mass is 449 g/mol. The molecule has 1 aliphatic heterocycles. The molecule has 0 bridgehead atoms. The summed E-state index contributed by atoms with van der Waals surface area (Å²) in [5.74, 6) is -1.83. The third-order valence-electron chi connectivity index (χ3n) is 5.86. The van der Waals surface area contributed by atoms with Gasteiger partial charge in [-0.25, -0.2) is 18.7 Å². The average molecular weight is 450 g/mol. The number of nitrogens with zero attached hydrogens (tertiary/aromatic N) is 3. The van der Waals surface area contributed by atoms with Gasteiger partial charge in [0.2, 0.25) is 0 Å². The Bertz CT molecular complexity index is 1140. The lowest BCUT2D eigenvalue weighted by atomic mass is 10.1. The van der Waals surface area contributed by atoms with E-state index in [4.69, 9.17) is 5.73 Å². The van der Waals surface area contributed by atoms with Crippen molar-refractivity contribution in [3.05, 3.63) is 83.5 Å². The topological polar surface area (TPSA) is 67.1 Å². The molecule has 2 aromatic rings. The molecule has 0 spiro atoms. The van der Waals surface area contributed by atoms with Crippen LogP contribution in [0.1, 0.15) is 44.7 Å². The van der Waals surface area contributed by atoms with Gasteiger partial charge in [0, 0.05) is 13.1 Å². The molecule has 5 nitrogen and oxygen atoms in total. The molecule has 7 heteroatoms. The molecule has 4 rings (SSSR count). The maximum absolute atomic E-state index is 14.4. The molecule has 0 amide bonds. The van der Waals surface area contributed by atoms with E-state index in [1.54, 1.807) is 6.08 Å². The van der Waals surface area contributed by atoms with Gasteiger partial charge in [-0.15, -0.1) is 0 Å². The van der Waals surface area contributed by atoms with Crippen molar-refractivity contribution in [2.24, 2.45) is 0 Å². The van der Waals surface area contributed by atoms with E-state index < -0.39 is 11.6 Å². The molecule has 2 heterocycles. The fraction of sp³-hybridized carbons (Fsp3) is 0.308. The number of aromatic nitrogens is 2. The Labute approximate surface area is 193 Å². The van der Waals surface area contributed by atoms with Crippen molar-refractivity contribution in [1.82, 2.24) is 20.2 Å². The van der Waals surface area contributed by atoms with E-state index in [0.717, 1.165) is 61.9 Å². The minimum atomic E-state index is -0.978. The van der Waals surface area contributed by atoms with Gasteiger partial charge in [-0.2, -0.15) is 0 Å². The quantitative estimate of drug-likeness (QED) is 0.542. The normalized spacial score (nSPS) is 16.6. The summed E-state index contributed by atoms with van der Waals surface area (Å²) < 4.78 is 28.2. The second kappa shape index (κ2) is 9.98. The summed E-state index contributed by atoms with van der Waals surface area (Å²) in [6.45, 7) is 8.01. The van der Waals surface area contributed by atoms with Gasteiger partial charge in [0.25, 0.3) is 0 Å². The molecule has 0 unspecified atom stereocenters. The number of allylic oxidation sites excluding steroid dienone is 4. The van der Waals surface area contributed by atoms with Crippen LogP contribution in [0.5, 0.6) is 0 Å². The maximum atomic E-state index is 14.4. The van der Waals surface area contributed by atoms with E-state index in [0.29, 0.717) is 11.4 Å². The molecule has 1 aromatic carbocycles. The van der Waals surface area contributed by atoms with E-state index in [9.17, 15) is 8.78 Å². The second-order valence-corrected chi connectivity index (χ2v) is 8.25. The van der Waals surface area contributed by atoms with Crippen molar-refractivity contribution >= 4 is 11.4 Å². The summed E-state index contributed by atoms with van der Waals surface area (Å²) in [5, 5.41) is 3.52. The molecule has 1 saturated carbocycles. The van der Waals surface area contributed by atoms with Crippen molar-refractivity contribution in [2.75, 3.05) is 18.8 Å². The van der Waals surface area contributed by atoms with Gasteiger partial charge in [0.15, 0.2) is 17.5 Å². The predicted octanol–water partition coefficient (Wildman–Crippen LogP) is 5.56. The first-order valence-electron chi connectivity index (χ1n) is 11.3. The average Bonchev–Trinajstić information content (AvgIpc) is 3.67. The molecule has 33 heavy (non-hydrogen) atoms. The Balaban J connectivity index is 1.76. The fourth-order valence-electron chi connectivity index (χ4n) is 4.04. The largest absolute Gasteiger partial charge is 0.396 e. The number of halogens is 2. The molecular weight excluding hydrogens is 420 g/mol. The van der Waals surface area contributed by atoms with Gasteiger partial charge in [0.1, 0.15) is 5.69 Å². The van der Waals surface area contributed by atoms with Crippen molar-refractivity contribution in [3.63, 3.8) is 0 Å². The third-order valence-corrected chi connectivity index (χ3v) is 5.86. The number of rotatable bonds is 7. The van der Waals surface area contributed by atoms with Crippen LogP contribution in [-0.4, -0.2) is 28.0 Å². The van der Waals surface area contributed by atoms with Gasteiger partial charge in [-0.3, -0.25) is 0 Å². The molecule has 1 saturated heterocycles. The number of hydrogen-bond donors (Lipinski definition) is 2. The molecule has 0 radical (unpaired) electrons. The van der Waals surface area contributed by atoms with Crippen molar-refractivity contribution in [3.8, 4) is 11.4 Å². The molecule has 1 aromatic heterocycles. The van der Waals surface area contributed by atoms with Crippen molar-refractivity contribution in [2.45, 2.75) is 39.0 Å². The number of nitrogens with one attached hydrogen (secondary N) is 1. The van der Waals surface area contributed by atoms with Crippen LogP contribution < -0.4 is 11.1 Å². The highest BCUT2D eigenvalue weighted by atomic mass is 19.2. The first-order chi connectivity index (χ1) is 16.0. The van der Waals surface area contributed by atoms with Crippen LogP contribution in [0.15, 0.2) is 66.2 Å². The van der Waals surface area contributed by atoms with Crippen LogP contribution in [0.3, 0.4) is 0 Å². The summed E-state index contributed by atoms with van der Waals surface area (Å²) in [7, 11) is 0. The van der Waals surface area contributed by atoms with E-state index in [2.05, 4.69) is 32.8 Å². The highest BCUT2D eigenvalue weighted by Gasteiger charge is 2.25. The van der Waals surface area contributed by atoms with Crippen LogP contribution in [-0.2, 0) is 0 Å². The molecular formula is C26H29F2N5. The third kappa shape index (κ3) is 4.97. The first kappa shape index (κ1) is 22.7. The Morgan fingerprint density at radius 3 is 2.61 bits per heavy atom. The van der Waals surface area contributed by atoms with Crippen molar-refractivity contribution in [1.29, 1.82) is 0 Å². The number of anilines is 1. The zero-order chi connectivity index (χ0) is 23.4. The number of nitrogen functional groups attached to an aromatic ring is 1. The number of likely N-dealkylation sites (tertiary alicyclic amines) is 1. The lowest BCUT2D eigenvalue weighted by molar-refractivity contribution is 0.290. The molecule has 3 N–H and O–H groups in total. The van der Waals surface area contributed by atoms with Crippen LogP contribution in [0, 0.1) is 11.6 Å². The van der Waals surface area contributed by atoms with Gasteiger partial charge in [-0.05, 0) is 68.9 Å². The summed E-state index contributed by atoms with van der Waals surface area (Å²) in [4.78, 5) is 11.1. The van der Waals surface area contributed by atoms with Gasteiger partial charge in [-0.1, -0.05) is 18.7 Å². The van der Waals surface area contributed by atoms with E-state index in [1.807, 2.05) is 13.0 Å². The van der Waals surface area contributed by atoms with Crippen molar-refractivity contribution < 1.29 is 8.78 Å². The molecule has 2 fully saturated rings. The standard InChI is InChI=1S/C26H29F2N5/c1-3-9-22(33-14-6-5-7-15-33)21(4-2)31-24(17-12-13-17)25-20(29)16-30-26(32-25)18-10-8-11-19(27)23(18)28/h3-4,8-11,16,31H,2,5-7,12-15,29H2,1H3/b9-3-,22-21-. The van der Waals surface area contributed by atoms with Crippen LogP contribution in [0.25, 0.3) is 17.1 Å². The molecule has 172 valence electrons. The number of benzene rings is 1. The zero-order valence-corrected chi connectivity index (χ0v) is 18.9. The Morgan fingerprint density at radius 2 is 1.94 bits per heavy atom. The van der Waals surface area contributed by atoms with Crippen LogP contribution in [0.4, 0.5) is 14.5 Å². The maximum Gasteiger partial charge on any atom is 0.169 e. The molecule has 1 aliphatic carbocycles. The summed E-state index contributed by atoms with van der Waals surface area (Å²) >= 11 is 0. The number of piperidine rings is 1. The van der Waals surface area contributed by atoms with Gasteiger partial charge in [0.05, 0.1) is 34.5 Å². The van der Waals surface area contributed by atoms with Gasteiger partial charge < -0.3 is 16.0 Å². The molecule has 0 atom stereocenters. The highest BCUT2D eigenvalue weighted by Crippen LogP contribution is 2.37. The summed E-state index contributed by atoms with van der Waals surface area (Å²) in [6, 6.07) is 3.97. The van der Waals surface area contributed by atoms with Gasteiger partial charge >= 0.3 is 0 Å². The van der Waals surface area contributed by atoms with Crippen LogP contribution in [0.2, 0.25) is 0 Å². The van der Waals surface area contributed by atoms with E-state index in [-0.39, 0.29) is 11.4 Å². The summed E-state index contributed by atoms with van der Waals surface area (Å²) in [6.07, 6.45) is 12.7. The van der Waals surface area contributed by atoms with E-state index >= 15 is 0 Å². The second-order valence-electron chi connectivity index (χ2n) is 8.25. The predicted molar refractivity (Wildman–Crippen MR) is 129 cm³/mol. The minimum absolute atomic E-state index is 0.00111. The highest BCUT2D eigenvalue weighted by molar-refractivity contribution is 5.77. The summed E-state index contributed by atoms with van der Waals surface area (Å²) in [5.41, 5.74) is 11.0. The molecule has 2 aliphatic rings. The Hall–Kier alpha value is -3.48. The number of hydrogen-bond acceptors (Lipinski definition) is 5. The van der Waals surface area contributed by atoms with Crippen LogP contribution >= 0.6 is 0 Å². The fourth-order valence-corrected chi connectivity index (χ4v) is 4.04. The first-order valence-corrected chi connectivity index (χ1v) is 11.3. The SMILES string of the molecule is C=C/C(NC(=C1CC1)c1nc(-c2cccc(F)c2F)ncc1N)=C(\C=C/C)N1CCCCC1. The Kier molecular flexibility index (Phi) is 6.87. The van der Waals surface area contributed by atoms with E-state index in [1.165, 1.54) is 30.3 Å². The Morgan fingerprint density at radius 1 is 1.18 bits per heavy atom.